The van der Waals surface area contributed by atoms with Crippen molar-refractivity contribution in [2.75, 3.05) is 19.6 Å². The second-order valence-electron chi connectivity index (χ2n) is 5.99. The Hall–Kier alpha value is -0.860. The van der Waals surface area contributed by atoms with Crippen LogP contribution in [0, 0.1) is 0 Å². The summed E-state index contributed by atoms with van der Waals surface area (Å²) in [6, 6.07) is 10.1. The molecule has 2 nitrogen and oxygen atoms in total. The van der Waals surface area contributed by atoms with Crippen LogP contribution in [0.2, 0.25) is 0 Å². The molecule has 0 aromatic heterocycles. The summed E-state index contributed by atoms with van der Waals surface area (Å²) in [5, 5.41) is 3.81. The van der Waals surface area contributed by atoms with Gasteiger partial charge in [0.1, 0.15) is 0 Å². The first-order valence-electron chi connectivity index (χ1n) is 8.29. The first-order valence-corrected chi connectivity index (χ1v) is 8.29. The lowest BCUT2D eigenvalue weighted by atomic mass is 9.77. The molecular formula is C18H30N2. The molecule has 1 aliphatic carbocycles. The van der Waals surface area contributed by atoms with Gasteiger partial charge < -0.3 is 5.32 Å². The minimum absolute atomic E-state index is 0.488. The number of fused-ring (bicyclic) bond motifs is 1. The van der Waals surface area contributed by atoms with Crippen molar-refractivity contribution in [3.8, 4) is 0 Å². The molecule has 1 aromatic rings. The van der Waals surface area contributed by atoms with Gasteiger partial charge in [0.15, 0.2) is 0 Å². The molecule has 0 heterocycles. The second kappa shape index (κ2) is 7.24. The number of hydrogen-bond donors (Lipinski definition) is 1. The minimum Gasteiger partial charge on any atom is -0.309 e. The quantitative estimate of drug-likeness (QED) is 0.845. The van der Waals surface area contributed by atoms with Crippen molar-refractivity contribution in [1.82, 2.24) is 10.2 Å². The molecule has 0 aliphatic heterocycles. The predicted octanol–water partition coefficient (Wildman–Crippen LogP) is 3.94. The molecule has 20 heavy (non-hydrogen) atoms. The summed E-state index contributed by atoms with van der Waals surface area (Å²) in [7, 11) is 0. The molecule has 0 radical (unpaired) electrons. The van der Waals surface area contributed by atoms with Crippen LogP contribution in [0.4, 0.5) is 0 Å². The zero-order valence-corrected chi connectivity index (χ0v) is 13.5. The van der Waals surface area contributed by atoms with Gasteiger partial charge in [-0.15, -0.1) is 0 Å². The van der Waals surface area contributed by atoms with E-state index in [4.69, 9.17) is 0 Å². The average molecular weight is 274 g/mol. The highest BCUT2D eigenvalue weighted by molar-refractivity contribution is 5.36. The van der Waals surface area contributed by atoms with E-state index < -0.39 is 0 Å². The Labute approximate surface area is 124 Å². The van der Waals surface area contributed by atoms with E-state index in [-0.39, 0.29) is 0 Å². The molecule has 1 aromatic carbocycles. The molecule has 1 aliphatic rings. The van der Waals surface area contributed by atoms with Crippen molar-refractivity contribution < 1.29 is 0 Å². The number of rotatable bonds is 6. The van der Waals surface area contributed by atoms with Crippen molar-refractivity contribution in [2.45, 2.75) is 58.5 Å². The summed E-state index contributed by atoms with van der Waals surface area (Å²) in [4.78, 5) is 2.62. The molecule has 2 heteroatoms. The molecule has 0 saturated carbocycles. The van der Waals surface area contributed by atoms with Crippen LogP contribution in [0.3, 0.4) is 0 Å². The smallest absolute Gasteiger partial charge is 0.0481 e. The summed E-state index contributed by atoms with van der Waals surface area (Å²) >= 11 is 0. The molecular weight excluding hydrogens is 244 g/mol. The summed E-state index contributed by atoms with van der Waals surface area (Å²) in [5.41, 5.74) is 3.07. The minimum atomic E-state index is 0.488. The third kappa shape index (κ3) is 3.07. The first-order chi connectivity index (χ1) is 9.72. The zero-order chi connectivity index (χ0) is 14.5. The molecule has 0 spiro atoms. The van der Waals surface area contributed by atoms with Crippen LogP contribution in [0.1, 0.15) is 63.6 Å². The number of hydrogen-bond acceptors (Lipinski definition) is 2. The van der Waals surface area contributed by atoms with Gasteiger partial charge in [-0.3, -0.25) is 4.90 Å². The summed E-state index contributed by atoms with van der Waals surface area (Å²) < 4.78 is 0. The van der Waals surface area contributed by atoms with Gasteiger partial charge in [0.05, 0.1) is 0 Å². The van der Waals surface area contributed by atoms with Crippen molar-refractivity contribution >= 4 is 0 Å². The Bertz CT molecular complexity index is 412. The van der Waals surface area contributed by atoms with Crippen molar-refractivity contribution in [1.29, 1.82) is 0 Å². The van der Waals surface area contributed by atoms with Gasteiger partial charge in [0.2, 0.25) is 0 Å². The van der Waals surface area contributed by atoms with Gasteiger partial charge in [-0.05, 0) is 49.5 Å². The van der Waals surface area contributed by atoms with Crippen molar-refractivity contribution in [3.05, 3.63) is 35.4 Å². The maximum atomic E-state index is 3.81. The fourth-order valence-corrected chi connectivity index (χ4v) is 3.67. The van der Waals surface area contributed by atoms with Crippen molar-refractivity contribution in [3.63, 3.8) is 0 Å². The molecule has 3 unspecified atom stereocenters. The zero-order valence-electron chi connectivity index (χ0n) is 13.5. The van der Waals surface area contributed by atoms with Gasteiger partial charge in [0, 0.05) is 12.1 Å². The third-order valence-corrected chi connectivity index (χ3v) is 4.74. The fraction of sp³-hybridized carbons (Fsp3) is 0.667. The molecule has 0 saturated heterocycles. The molecule has 0 amide bonds. The topological polar surface area (TPSA) is 15.3 Å². The molecule has 112 valence electrons. The monoisotopic (exact) mass is 274 g/mol. The Kier molecular flexibility index (Phi) is 5.62. The molecule has 0 fully saturated rings. The Morgan fingerprint density at radius 1 is 1.10 bits per heavy atom. The molecule has 2 rings (SSSR count). The lowest BCUT2D eigenvalue weighted by Gasteiger charge is -2.43. The normalized spacial score (nSPS) is 25.8. The molecule has 3 atom stereocenters. The number of likely N-dealkylation sites (N-methyl/N-ethyl adjacent to an activating group) is 1. The summed E-state index contributed by atoms with van der Waals surface area (Å²) in [6.45, 7) is 12.6. The SMILES string of the molecule is CCCNC1c2ccccc2C(C)CC1N(CC)CC. The van der Waals surface area contributed by atoms with Gasteiger partial charge >= 0.3 is 0 Å². The maximum Gasteiger partial charge on any atom is 0.0481 e. The summed E-state index contributed by atoms with van der Waals surface area (Å²) in [5.74, 6) is 0.663. The van der Waals surface area contributed by atoms with E-state index in [2.05, 4.69) is 62.2 Å². The molecule has 1 N–H and O–H groups in total. The van der Waals surface area contributed by atoms with E-state index in [0.29, 0.717) is 18.0 Å². The van der Waals surface area contributed by atoms with Crippen LogP contribution < -0.4 is 5.32 Å². The molecule has 0 bridgehead atoms. The van der Waals surface area contributed by atoms with Crippen LogP contribution in [-0.2, 0) is 0 Å². The van der Waals surface area contributed by atoms with E-state index in [1.165, 1.54) is 18.4 Å². The Morgan fingerprint density at radius 2 is 1.75 bits per heavy atom. The van der Waals surface area contributed by atoms with E-state index >= 15 is 0 Å². The van der Waals surface area contributed by atoms with Gasteiger partial charge in [-0.1, -0.05) is 52.0 Å². The van der Waals surface area contributed by atoms with E-state index in [9.17, 15) is 0 Å². The first kappa shape index (κ1) is 15.5. The third-order valence-electron chi connectivity index (χ3n) is 4.74. The Balaban J connectivity index is 2.33. The van der Waals surface area contributed by atoms with Crippen LogP contribution in [-0.4, -0.2) is 30.6 Å². The largest absolute Gasteiger partial charge is 0.309 e. The van der Waals surface area contributed by atoms with Crippen LogP contribution in [0.5, 0.6) is 0 Å². The van der Waals surface area contributed by atoms with E-state index in [1.807, 2.05) is 0 Å². The Morgan fingerprint density at radius 3 is 2.35 bits per heavy atom. The van der Waals surface area contributed by atoms with Crippen molar-refractivity contribution in [2.24, 2.45) is 0 Å². The highest BCUT2D eigenvalue weighted by Gasteiger charge is 2.34. The van der Waals surface area contributed by atoms with Gasteiger partial charge in [-0.2, -0.15) is 0 Å². The second-order valence-corrected chi connectivity index (χ2v) is 5.99. The van der Waals surface area contributed by atoms with Crippen LogP contribution in [0.15, 0.2) is 24.3 Å². The van der Waals surface area contributed by atoms with Gasteiger partial charge in [0.25, 0.3) is 0 Å². The lowest BCUT2D eigenvalue weighted by Crippen LogP contribution is -2.48. The van der Waals surface area contributed by atoms with Crippen LogP contribution in [0.25, 0.3) is 0 Å². The van der Waals surface area contributed by atoms with Crippen LogP contribution >= 0.6 is 0 Å². The van der Waals surface area contributed by atoms with E-state index in [0.717, 1.165) is 19.6 Å². The van der Waals surface area contributed by atoms with Gasteiger partial charge in [-0.25, -0.2) is 0 Å². The highest BCUT2D eigenvalue weighted by atomic mass is 15.2. The average Bonchev–Trinajstić information content (AvgIpc) is 2.48. The standard InChI is InChI=1S/C18H30N2/c1-5-12-19-18-16-11-9-8-10-15(16)14(4)13-17(18)20(6-2)7-3/h8-11,14,17-19H,5-7,12-13H2,1-4H3. The maximum absolute atomic E-state index is 3.81. The predicted molar refractivity (Wildman–Crippen MR) is 87.2 cm³/mol. The number of nitrogens with zero attached hydrogens (tertiary/aromatic N) is 1. The lowest BCUT2D eigenvalue weighted by molar-refractivity contribution is 0.146. The fourth-order valence-electron chi connectivity index (χ4n) is 3.67. The summed E-state index contributed by atoms with van der Waals surface area (Å²) in [6.07, 6.45) is 2.46. The number of benzene rings is 1. The van der Waals surface area contributed by atoms with E-state index in [1.54, 1.807) is 5.56 Å². The number of nitrogens with one attached hydrogen (secondary N) is 1. The highest BCUT2D eigenvalue weighted by Crippen LogP contribution is 2.39.